The van der Waals surface area contributed by atoms with Gasteiger partial charge < -0.3 is 14.2 Å². The lowest BCUT2D eigenvalue weighted by Crippen LogP contribution is -2.30. The minimum absolute atomic E-state index is 0.100. The molecule has 0 fully saturated rings. The molecule has 0 aromatic carbocycles. The molecule has 0 heterocycles. The second-order valence-corrected chi connectivity index (χ2v) is 20.9. The molecule has 0 saturated carbocycles. The van der Waals surface area contributed by atoms with Crippen molar-refractivity contribution in [2.75, 3.05) is 13.2 Å². The summed E-state index contributed by atoms with van der Waals surface area (Å²) in [6.45, 7) is 6.41. The zero-order valence-corrected chi connectivity index (χ0v) is 50.6. The van der Waals surface area contributed by atoms with Crippen LogP contribution in [-0.2, 0) is 28.6 Å². The van der Waals surface area contributed by atoms with Crippen LogP contribution in [0.3, 0.4) is 0 Å². The Morgan fingerprint density at radius 1 is 0.269 bits per heavy atom. The summed E-state index contributed by atoms with van der Waals surface area (Å²) in [6, 6.07) is 0. The minimum atomic E-state index is -0.806. The van der Waals surface area contributed by atoms with Gasteiger partial charge in [0.1, 0.15) is 13.2 Å². The Morgan fingerprint density at radius 3 is 0.872 bits per heavy atom. The van der Waals surface area contributed by atoms with E-state index >= 15 is 0 Å². The molecule has 0 aromatic heterocycles. The number of rotatable bonds is 57. The lowest BCUT2D eigenvalue weighted by Gasteiger charge is -2.18. The summed E-state index contributed by atoms with van der Waals surface area (Å²) in [4.78, 5) is 38.2. The van der Waals surface area contributed by atoms with Crippen molar-refractivity contribution in [1.29, 1.82) is 0 Å². The van der Waals surface area contributed by atoms with Gasteiger partial charge in [0.25, 0.3) is 0 Å². The van der Waals surface area contributed by atoms with E-state index in [1.54, 1.807) is 0 Å². The van der Waals surface area contributed by atoms with Gasteiger partial charge in [0.2, 0.25) is 0 Å². The molecule has 1 atom stereocenters. The van der Waals surface area contributed by atoms with Gasteiger partial charge in [-0.2, -0.15) is 0 Å². The molecule has 0 amide bonds. The van der Waals surface area contributed by atoms with Crippen molar-refractivity contribution in [3.63, 3.8) is 0 Å². The molecule has 6 heteroatoms. The number of esters is 3. The molecule has 0 rings (SSSR count). The Balaban J connectivity index is 4.37. The third kappa shape index (κ3) is 62.4. The van der Waals surface area contributed by atoms with Crippen LogP contribution >= 0.6 is 0 Å². The predicted octanol–water partition coefficient (Wildman–Crippen LogP) is 22.2. The number of hydrogen-bond donors (Lipinski definition) is 0. The molecular formula is C72H118O6. The van der Waals surface area contributed by atoms with Crippen molar-refractivity contribution in [2.24, 2.45) is 0 Å². The monoisotopic (exact) mass is 1080 g/mol. The van der Waals surface area contributed by atoms with Gasteiger partial charge in [0.15, 0.2) is 6.10 Å². The number of carbonyl (C=O) groups excluding carboxylic acids is 3. The van der Waals surface area contributed by atoms with Crippen LogP contribution in [0.2, 0.25) is 0 Å². The SMILES string of the molecule is CC/C=C\C/C=C\C/C=C\C/C=C\C/C=C\C/C=C\C/C=C\C/C=C\CCCCC(=O)OCC(COC(=O)CCCCCCC/C=C\CCC)OC(=O)CCCCCCCCCCCCC/C=C\C/C=C\CCCCCCC. The molecule has 0 aliphatic heterocycles. The van der Waals surface area contributed by atoms with E-state index < -0.39 is 6.10 Å². The fourth-order valence-electron chi connectivity index (χ4n) is 8.55. The van der Waals surface area contributed by atoms with E-state index in [2.05, 4.69) is 154 Å². The van der Waals surface area contributed by atoms with Crippen molar-refractivity contribution in [3.05, 3.63) is 134 Å². The highest BCUT2D eigenvalue weighted by atomic mass is 16.6. The Labute approximate surface area is 481 Å². The highest BCUT2D eigenvalue weighted by molar-refractivity contribution is 5.71. The van der Waals surface area contributed by atoms with Crippen LogP contribution in [-0.4, -0.2) is 37.2 Å². The molecule has 0 aromatic rings. The summed E-state index contributed by atoms with van der Waals surface area (Å²) in [5.74, 6) is -0.957. The molecule has 0 aliphatic carbocycles. The average Bonchev–Trinajstić information content (AvgIpc) is 3.44. The summed E-state index contributed by atoms with van der Waals surface area (Å²) in [7, 11) is 0. The maximum atomic E-state index is 12.9. The normalized spacial score (nSPS) is 13.0. The molecule has 0 bridgehead atoms. The molecule has 0 N–H and O–H groups in total. The summed E-state index contributed by atoms with van der Waals surface area (Å²) < 4.78 is 16.8. The second kappa shape index (κ2) is 65.1. The van der Waals surface area contributed by atoms with Crippen molar-refractivity contribution in [1.82, 2.24) is 0 Å². The molecular weight excluding hydrogens is 961 g/mol. The van der Waals surface area contributed by atoms with Gasteiger partial charge in [-0.15, -0.1) is 0 Å². The average molecular weight is 1080 g/mol. The van der Waals surface area contributed by atoms with Crippen molar-refractivity contribution >= 4 is 17.9 Å². The predicted molar refractivity (Wildman–Crippen MR) is 339 cm³/mol. The second-order valence-electron chi connectivity index (χ2n) is 20.9. The smallest absolute Gasteiger partial charge is 0.306 e. The highest BCUT2D eigenvalue weighted by Crippen LogP contribution is 2.15. The number of carbonyl (C=O) groups is 3. The number of ether oxygens (including phenoxy) is 3. The first-order chi connectivity index (χ1) is 38.5. The van der Waals surface area contributed by atoms with Gasteiger partial charge in [-0.1, -0.05) is 264 Å². The molecule has 0 aliphatic rings. The minimum Gasteiger partial charge on any atom is -0.462 e. The maximum Gasteiger partial charge on any atom is 0.306 e. The fraction of sp³-hybridized carbons (Fsp3) is 0.653. The fourth-order valence-corrected chi connectivity index (χ4v) is 8.55. The number of allylic oxidation sites excluding steroid dienone is 22. The van der Waals surface area contributed by atoms with Crippen LogP contribution in [0.4, 0.5) is 0 Å². The highest BCUT2D eigenvalue weighted by Gasteiger charge is 2.19. The lowest BCUT2D eigenvalue weighted by molar-refractivity contribution is -0.167. The number of unbranched alkanes of at least 4 members (excludes halogenated alkanes) is 24. The van der Waals surface area contributed by atoms with Crippen molar-refractivity contribution in [2.45, 2.75) is 290 Å². The van der Waals surface area contributed by atoms with Crippen LogP contribution in [0.25, 0.3) is 0 Å². The molecule has 442 valence electrons. The zero-order valence-electron chi connectivity index (χ0n) is 50.6. The van der Waals surface area contributed by atoms with Gasteiger partial charge in [-0.3, -0.25) is 14.4 Å². The molecule has 1 unspecified atom stereocenters. The number of hydrogen-bond acceptors (Lipinski definition) is 6. The van der Waals surface area contributed by atoms with E-state index in [9.17, 15) is 14.4 Å². The first-order valence-electron chi connectivity index (χ1n) is 32.2. The van der Waals surface area contributed by atoms with Gasteiger partial charge in [0, 0.05) is 19.3 Å². The summed E-state index contributed by atoms with van der Waals surface area (Å²) >= 11 is 0. The summed E-state index contributed by atoms with van der Waals surface area (Å²) in [5.41, 5.74) is 0. The third-order valence-electron chi connectivity index (χ3n) is 13.3. The molecule has 0 saturated heterocycles. The van der Waals surface area contributed by atoms with Gasteiger partial charge in [-0.25, -0.2) is 0 Å². The van der Waals surface area contributed by atoms with Gasteiger partial charge in [-0.05, 0) is 135 Å². The lowest BCUT2D eigenvalue weighted by atomic mass is 10.0. The summed E-state index contributed by atoms with van der Waals surface area (Å²) in [6.07, 6.45) is 91.8. The molecule has 0 radical (unpaired) electrons. The van der Waals surface area contributed by atoms with Crippen LogP contribution in [0.15, 0.2) is 134 Å². The zero-order chi connectivity index (χ0) is 56.4. The maximum absolute atomic E-state index is 12.9. The quantitative estimate of drug-likeness (QED) is 0.0261. The van der Waals surface area contributed by atoms with E-state index in [4.69, 9.17) is 14.2 Å². The first kappa shape index (κ1) is 73.5. The van der Waals surface area contributed by atoms with E-state index in [-0.39, 0.29) is 31.1 Å². The van der Waals surface area contributed by atoms with E-state index in [0.717, 1.165) is 128 Å². The Morgan fingerprint density at radius 2 is 0.526 bits per heavy atom. The standard InChI is InChI=1S/C72H118O6/c1-4-7-10-13-16-19-22-24-26-28-30-32-34-35-36-37-39-40-42-44-46-48-50-53-56-59-62-65-71(74)77-68-69(67-76-70(73)64-61-58-55-52-21-18-15-12-9-6-3)78-72(75)66-63-60-57-54-51-49-47-45-43-41-38-33-31-29-27-25-23-20-17-14-11-8-5-2/h7,10,12,15-16,19,23-26,29-32,35-36,39-40,44,46,50,53,69H,4-6,8-9,11,13-14,17-18,20-22,27-28,33-34,37-38,41-43,45,47-49,51-52,54-68H2,1-3H3/b10-7-,15-12-,19-16-,25-23-,26-24-,31-29-,32-30-,36-35-,40-39-,46-44-,53-50-. The van der Waals surface area contributed by atoms with Crippen LogP contribution < -0.4 is 0 Å². The van der Waals surface area contributed by atoms with E-state index in [1.807, 2.05) is 0 Å². The van der Waals surface area contributed by atoms with Crippen LogP contribution in [0.1, 0.15) is 284 Å². The Kier molecular flexibility index (Phi) is 61.4. The van der Waals surface area contributed by atoms with Gasteiger partial charge in [0.05, 0.1) is 0 Å². The van der Waals surface area contributed by atoms with E-state index in [0.29, 0.717) is 25.7 Å². The third-order valence-corrected chi connectivity index (χ3v) is 13.3. The van der Waals surface area contributed by atoms with E-state index in [1.165, 1.54) is 109 Å². The molecule has 78 heavy (non-hydrogen) atoms. The molecule has 0 spiro atoms. The Bertz CT molecular complexity index is 1670. The topological polar surface area (TPSA) is 78.9 Å². The van der Waals surface area contributed by atoms with Gasteiger partial charge >= 0.3 is 17.9 Å². The van der Waals surface area contributed by atoms with Crippen molar-refractivity contribution in [3.8, 4) is 0 Å². The van der Waals surface area contributed by atoms with Crippen molar-refractivity contribution < 1.29 is 28.6 Å². The largest absolute Gasteiger partial charge is 0.462 e. The first-order valence-corrected chi connectivity index (χ1v) is 32.2. The van der Waals surface area contributed by atoms with Crippen LogP contribution in [0.5, 0.6) is 0 Å². The molecule has 6 nitrogen and oxygen atoms in total. The summed E-state index contributed by atoms with van der Waals surface area (Å²) in [5, 5.41) is 0. The van der Waals surface area contributed by atoms with Crippen LogP contribution in [0, 0.1) is 0 Å². The Hall–Kier alpha value is -4.45.